The number of nitrogens with zero attached hydrogens (tertiary/aromatic N) is 2. The van der Waals surface area contributed by atoms with Crippen LogP contribution in [-0.4, -0.2) is 11.6 Å². The van der Waals surface area contributed by atoms with Crippen molar-refractivity contribution in [3.63, 3.8) is 0 Å². The Bertz CT molecular complexity index is 885. The highest BCUT2D eigenvalue weighted by Gasteiger charge is 2.08. The lowest BCUT2D eigenvalue weighted by Crippen LogP contribution is -1.91. The zero-order valence-corrected chi connectivity index (χ0v) is 14.0. The van der Waals surface area contributed by atoms with Gasteiger partial charge in [0.05, 0.1) is 22.4 Å². The number of benzene rings is 2. The number of ether oxygens (including phenoxy) is 1. The summed E-state index contributed by atoms with van der Waals surface area (Å²) in [5.74, 6) is 0.841. The van der Waals surface area contributed by atoms with Gasteiger partial charge in [0.25, 0.3) is 0 Å². The van der Waals surface area contributed by atoms with Crippen LogP contribution in [0.1, 0.15) is 12.5 Å². The van der Waals surface area contributed by atoms with E-state index in [0.717, 1.165) is 26.0 Å². The summed E-state index contributed by atoms with van der Waals surface area (Å²) in [7, 11) is 0. The molecule has 0 aliphatic heterocycles. The summed E-state index contributed by atoms with van der Waals surface area (Å²) in [5, 5.41) is 9.94. The fourth-order valence-electron chi connectivity index (χ4n) is 2.03. The van der Waals surface area contributed by atoms with Crippen molar-refractivity contribution in [2.45, 2.75) is 11.8 Å². The number of aromatic nitrogens is 1. The number of fused-ring (bicyclic) bond motifs is 1. The van der Waals surface area contributed by atoms with Crippen molar-refractivity contribution in [3.8, 4) is 11.8 Å². The molecule has 3 aromatic rings. The first-order chi connectivity index (χ1) is 11.2. The number of hydrogen-bond acceptors (Lipinski definition) is 7. The van der Waals surface area contributed by atoms with E-state index in [2.05, 4.69) is 15.8 Å². The van der Waals surface area contributed by atoms with Crippen molar-refractivity contribution in [1.29, 1.82) is 5.26 Å². The first-order valence-corrected chi connectivity index (χ1v) is 8.58. The number of rotatable bonds is 5. The Morgan fingerprint density at radius 2 is 2.22 bits per heavy atom. The Balaban J connectivity index is 1.78. The van der Waals surface area contributed by atoms with E-state index in [9.17, 15) is 0 Å². The largest absolute Gasteiger partial charge is 0.494 e. The van der Waals surface area contributed by atoms with Crippen LogP contribution < -0.4 is 15.2 Å². The summed E-state index contributed by atoms with van der Waals surface area (Å²) in [6.45, 7) is 2.60. The molecular weight excluding hydrogens is 328 g/mol. The summed E-state index contributed by atoms with van der Waals surface area (Å²) in [6, 6.07) is 13.2. The average molecular weight is 342 g/mol. The van der Waals surface area contributed by atoms with Crippen LogP contribution in [0.4, 0.5) is 10.8 Å². The first kappa shape index (κ1) is 15.5. The van der Waals surface area contributed by atoms with Crippen LogP contribution in [0.15, 0.2) is 41.3 Å². The molecule has 0 aliphatic rings. The molecule has 1 aromatic heterocycles. The quantitative estimate of drug-likeness (QED) is 0.532. The van der Waals surface area contributed by atoms with E-state index in [1.165, 1.54) is 11.9 Å². The molecule has 23 heavy (non-hydrogen) atoms. The number of nitrogens with one attached hydrogen (secondary N) is 1. The second-order valence-electron chi connectivity index (χ2n) is 4.65. The minimum Gasteiger partial charge on any atom is -0.494 e. The van der Waals surface area contributed by atoms with Gasteiger partial charge < -0.3 is 15.2 Å². The van der Waals surface area contributed by atoms with Gasteiger partial charge in [-0.2, -0.15) is 5.26 Å². The lowest BCUT2D eigenvalue weighted by Gasteiger charge is -2.04. The molecule has 3 N–H and O–H groups in total. The fraction of sp³-hybridized carbons (Fsp3) is 0.125. The molecule has 0 saturated heterocycles. The molecule has 0 amide bonds. The highest BCUT2D eigenvalue weighted by molar-refractivity contribution is 8.00. The Kier molecular flexibility index (Phi) is 4.55. The number of nitriles is 1. The monoisotopic (exact) mass is 342 g/mol. The van der Waals surface area contributed by atoms with Crippen LogP contribution in [0.2, 0.25) is 0 Å². The molecule has 1 heterocycles. The highest BCUT2D eigenvalue weighted by Crippen LogP contribution is 2.32. The van der Waals surface area contributed by atoms with Gasteiger partial charge in [-0.05, 0) is 55.3 Å². The van der Waals surface area contributed by atoms with E-state index in [1.54, 1.807) is 23.5 Å². The zero-order valence-electron chi connectivity index (χ0n) is 12.4. The third-order valence-corrected chi connectivity index (χ3v) is 4.98. The van der Waals surface area contributed by atoms with E-state index in [4.69, 9.17) is 15.7 Å². The summed E-state index contributed by atoms with van der Waals surface area (Å²) >= 11 is 2.89. The van der Waals surface area contributed by atoms with Gasteiger partial charge in [-0.1, -0.05) is 11.3 Å². The molecule has 2 aromatic carbocycles. The second-order valence-corrected chi connectivity index (χ2v) is 6.53. The third kappa shape index (κ3) is 3.50. The van der Waals surface area contributed by atoms with Gasteiger partial charge >= 0.3 is 0 Å². The van der Waals surface area contributed by atoms with E-state index in [0.29, 0.717) is 17.9 Å². The average Bonchev–Trinajstić information content (AvgIpc) is 2.96. The minimum absolute atomic E-state index is 0.544. The van der Waals surface area contributed by atoms with Crippen molar-refractivity contribution in [3.05, 3.63) is 42.0 Å². The van der Waals surface area contributed by atoms with Gasteiger partial charge in [0.1, 0.15) is 11.8 Å². The Morgan fingerprint density at radius 1 is 1.35 bits per heavy atom. The van der Waals surface area contributed by atoms with Crippen LogP contribution in [0.3, 0.4) is 0 Å². The molecule has 0 aliphatic carbocycles. The van der Waals surface area contributed by atoms with Crippen molar-refractivity contribution in [2.24, 2.45) is 0 Å². The summed E-state index contributed by atoms with van der Waals surface area (Å²) < 4.78 is 9.74. The standard InChI is InChI=1S/C16H14N4OS2/c1-2-21-12-4-5-13-15(8-12)22-16(19-13)20-23-14-6-3-11(18)7-10(14)9-17/h3-8H,2,18H2,1H3,(H,19,20). The molecule has 116 valence electrons. The van der Waals surface area contributed by atoms with Crippen molar-refractivity contribution < 1.29 is 4.74 Å². The fourth-order valence-corrected chi connectivity index (χ4v) is 3.66. The molecule has 5 nitrogen and oxygen atoms in total. The lowest BCUT2D eigenvalue weighted by atomic mass is 10.2. The Labute approximate surface area is 142 Å². The number of thiazole rings is 1. The van der Waals surface area contributed by atoms with Gasteiger partial charge in [0.2, 0.25) is 0 Å². The maximum absolute atomic E-state index is 9.16. The Hall–Kier alpha value is -2.43. The number of hydrogen-bond donors (Lipinski definition) is 2. The summed E-state index contributed by atoms with van der Waals surface area (Å²) in [6.07, 6.45) is 0. The Morgan fingerprint density at radius 3 is 3.00 bits per heavy atom. The predicted octanol–water partition coefficient (Wildman–Crippen LogP) is 4.27. The minimum atomic E-state index is 0.544. The van der Waals surface area contributed by atoms with Crippen LogP contribution in [0, 0.1) is 11.3 Å². The summed E-state index contributed by atoms with van der Waals surface area (Å²) in [5.41, 5.74) is 7.74. The molecule has 7 heteroatoms. The van der Waals surface area contributed by atoms with Gasteiger partial charge in [0.15, 0.2) is 5.13 Å². The van der Waals surface area contributed by atoms with Crippen LogP contribution in [-0.2, 0) is 0 Å². The zero-order chi connectivity index (χ0) is 16.2. The smallest absolute Gasteiger partial charge is 0.194 e. The van der Waals surface area contributed by atoms with Crippen molar-refractivity contribution in [2.75, 3.05) is 17.1 Å². The van der Waals surface area contributed by atoms with Gasteiger partial charge in [-0.15, -0.1) is 0 Å². The predicted molar refractivity (Wildman–Crippen MR) is 95.8 cm³/mol. The first-order valence-electron chi connectivity index (χ1n) is 6.95. The molecule has 0 atom stereocenters. The van der Waals surface area contributed by atoms with E-state index in [1.807, 2.05) is 31.2 Å². The topological polar surface area (TPSA) is 84.0 Å². The lowest BCUT2D eigenvalue weighted by molar-refractivity contribution is 0.341. The van der Waals surface area contributed by atoms with Crippen LogP contribution >= 0.6 is 23.3 Å². The number of anilines is 2. The second kappa shape index (κ2) is 6.77. The number of nitrogens with two attached hydrogens (primary N) is 1. The highest BCUT2D eigenvalue weighted by atomic mass is 32.2. The summed E-state index contributed by atoms with van der Waals surface area (Å²) in [4.78, 5) is 5.34. The maximum Gasteiger partial charge on any atom is 0.194 e. The molecule has 0 saturated carbocycles. The third-order valence-electron chi connectivity index (χ3n) is 3.04. The SMILES string of the molecule is CCOc1ccc2nc(NSc3ccc(N)cc3C#N)sc2c1. The van der Waals surface area contributed by atoms with Gasteiger partial charge in [0, 0.05) is 10.6 Å². The molecule has 0 spiro atoms. The maximum atomic E-state index is 9.16. The normalized spacial score (nSPS) is 10.4. The number of nitrogen functional groups attached to an aromatic ring is 1. The van der Waals surface area contributed by atoms with E-state index < -0.39 is 0 Å². The molecule has 0 unspecified atom stereocenters. The van der Waals surface area contributed by atoms with Crippen molar-refractivity contribution in [1.82, 2.24) is 4.98 Å². The molecule has 0 radical (unpaired) electrons. The van der Waals surface area contributed by atoms with Gasteiger partial charge in [-0.25, -0.2) is 4.98 Å². The molecule has 0 bridgehead atoms. The van der Waals surface area contributed by atoms with Crippen LogP contribution in [0.25, 0.3) is 10.2 Å². The van der Waals surface area contributed by atoms with E-state index in [-0.39, 0.29) is 0 Å². The van der Waals surface area contributed by atoms with Gasteiger partial charge in [-0.3, -0.25) is 0 Å². The molecular formula is C16H14N4OS2. The molecule has 0 fully saturated rings. The van der Waals surface area contributed by atoms with Crippen molar-refractivity contribution >= 4 is 44.3 Å². The van der Waals surface area contributed by atoms with E-state index >= 15 is 0 Å². The molecule has 3 rings (SSSR count). The van der Waals surface area contributed by atoms with Crippen LogP contribution in [0.5, 0.6) is 5.75 Å².